The van der Waals surface area contributed by atoms with E-state index >= 15 is 0 Å². The fourth-order valence-electron chi connectivity index (χ4n) is 3.86. The van der Waals surface area contributed by atoms with Gasteiger partial charge in [-0.3, -0.25) is 4.79 Å². The second kappa shape index (κ2) is 11.0. The molecule has 1 aromatic carbocycles. The molecule has 9 heteroatoms. The summed E-state index contributed by atoms with van der Waals surface area (Å²) in [6, 6.07) is 7.88. The van der Waals surface area contributed by atoms with Crippen molar-refractivity contribution in [1.82, 2.24) is 19.9 Å². The highest BCUT2D eigenvalue weighted by Crippen LogP contribution is 2.30. The number of methoxy groups -OCH3 is 1. The highest BCUT2D eigenvalue weighted by atomic mass is 32.2. The zero-order valence-electron chi connectivity index (χ0n) is 18.7. The third kappa shape index (κ3) is 5.56. The molecule has 1 aliphatic rings. The Hall–Kier alpha value is -2.26. The predicted molar refractivity (Wildman–Crippen MR) is 133 cm³/mol. The van der Waals surface area contributed by atoms with Crippen LogP contribution >= 0.6 is 23.1 Å². The lowest BCUT2D eigenvalue weighted by molar-refractivity contribution is -0.125. The molecule has 32 heavy (non-hydrogen) atoms. The van der Waals surface area contributed by atoms with Crippen molar-refractivity contribution >= 4 is 39.1 Å². The van der Waals surface area contributed by atoms with Crippen LogP contribution in [-0.2, 0) is 4.79 Å². The molecule has 172 valence electrons. The minimum atomic E-state index is 0.0260. The number of fused-ring (bicyclic) bond motifs is 1. The molecule has 4 rings (SSSR count). The summed E-state index contributed by atoms with van der Waals surface area (Å²) in [5.74, 6) is 3.35. The largest absolute Gasteiger partial charge is 0.497 e. The van der Waals surface area contributed by atoms with Gasteiger partial charge in [-0.15, -0.1) is 5.10 Å². The van der Waals surface area contributed by atoms with Crippen LogP contribution in [0.1, 0.15) is 32.6 Å². The monoisotopic (exact) mass is 473 g/mol. The fraction of sp³-hybridized carbons (Fsp3) is 0.522. The number of carbonyl (C=O) groups excluding carboxylic acids is 1. The number of anilines is 1. The minimum absolute atomic E-state index is 0.0260. The van der Waals surface area contributed by atoms with Crippen LogP contribution in [0.5, 0.6) is 5.75 Å². The second-order valence-electron chi connectivity index (χ2n) is 8.01. The van der Waals surface area contributed by atoms with Gasteiger partial charge in [0.2, 0.25) is 16.0 Å². The number of hydrogen-bond donors (Lipinski definition) is 1. The summed E-state index contributed by atoms with van der Waals surface area (Å²) in [6.07, 6.45) is 6.15. The molecule has 1 fully saturated rings. The Kier molecular flexibility index (Phi) is 7.91. The third-order valence-electron chi connectivity index (χ3n) is 5.59. The second-order valence-corrected chi connectivity index (χ2v) is 10.2. The summed E-state index contributed by atoms with van der Waals surface area (Å²) in [4.78, 5) is 20.5. The van der Waals surface area contributed by atoms with Crippen LogP contribution in [0.4, 0.5) is 5.13 Å². The van der Waals surface area contributed by atoms with E-state index in [0.717, 1.165) is 71.7 Å². The summed E-state index contributed by atoms with van der Waals surface area (Å²) in [7, 11) is 1.66. The van der Waals surface area contributed by atoms with Crippen molar-refractivity contribution < 1.29 is 9.53 Å². The van der Waals surface area contributed by atoms with E-state index in [1.807, 2.05) is 46.7 Å². The zero-order chi connectivity index (χ0) is 22.3. The van der Waals surface area contributed by atoms with Crippen LogP contribution in [0, 0.1) is 5.92 Å². The highest BCUT2D eigenvalue weighted by Gasteiger charge is 2.27. The number of carbonyl (C=O) groups is 1. The van der Waals surface area contributed by atoms with E-state index in [9.17, 15) is 4.79 Å². The lowest BCUT2D eigenvalue weighted by Crippen LogP contribution is -2.43. The van der Waals surface area contributed by atoms with Crippen molar-refractivity contribution in [3.63, 3.8) is 0 Å². The van der Waals surface area contributed by atoms with Crippen LogP contribution in [-0.4, -0.2) is 58.8 Å². The summed E-state index contributed by atoms with van der Waals surface area (Å²) < 4.78 is 7.07. The first-order chi connectivity index (χ1) is 15.7. The molecule has 0 aliphatic carbocycles. The normalized spacial score (nSPS) is 16.4. The molecule has 1 N–H and O–H groups in total. The Morgan fingerprint density at radius 3 is 2.91 bits per heavy atom. The third-order valence-corrected chi connectivity index (χ3v) is 7.85. The van der Waals surface area contributed by atoms with E-state index in [2.05, 4.69) is 17.1 Å². The predicted octanol–water partition coefficient (Wildman–Crippen LogP) is 4.33. The maximum Gasteiger partial charge on any atom is 0.224 e. The van der Waals surface area contributed by atoms with Crippen molar-refractivity contribution in [2.24, 2.45) is 5.92 Å². The van der Waals surface area contributed by atoms with E-state index in [4.69, 9.17) is 14.8 Å². The van der Waals surface area contributed by atoms with Crippen LogP contribution in [0.25, 0.3) is 16.2 Å². The van der Waals surface area contributed by atoms with Gasteiger partial charge in [0, 0.05) is 25.2 Å². The average molecular weight is 474 g/mol. The Balaban J connectivity index is 1.34. The summed E-state index contributed by atoms with van der Waals surface area (Å²) in [5, 5.41) is 8.82. The van der Waals surface area contributed by atoms with Crippen molar-refractivity contribution in [1.29, 1.82) is 0 Å². The molecule has 0 bridgehead atoms. The number of nitrogens with one attached hydrogen (secondary N) is 1. The summed E-state index contributed by atoms with van der Waals surface area (Å²) >= 11 is 3.54. The molecule has 1 saturated heterocycles. The van der Waals surface area contributed by atoms with Gasteiger partial charge in [-0.1, -0.05) is 18.3 Å². The van der Waals surface area contributed by atoms with Gasteiger partial charge in [-0.2, -0.15) is 11.8 Å². The van der Waals surface area contributed by atoms with E-state index in [1.165, 1.54) is 12.2 Å². The molecule has 2 aromatic heterocycles. The molecule has 1 atom stereocenters. The van der Waals surface area contributed by atoms with E-state index < -0.39 is 0 Å². The molecule has 3 aromatic rings. The van der Waals surface area contributed by atoms with Gasteiger partial charge in [-0.25, -0.2) is 9.50 Å². The number of thioether (sulfide) groups is 1. The van der Waals surface area contributed by atoms with Gasteiger partial charge < -0.3 is 15.0 Å². The van der Waals surface area contributed by atoms with E-state index in [-0.39, 0.29) is 11.8 Å². The van der Waals surface area contributed by atoms with Crippen LogP contribution in [0.3, 0.4) is 0 Å². The first-order valence-corrected chi connectivity index (χ1v) is 13.3. The number of ether oxygens (including phenoxy) is 1. The Labute approximate surface area is 197 Å². The number of nitrogens with zero attached hydrogens (tertiary/aromatic N) is 4. The topological polar surface area (TPSA) is 71.8 Å². The Morgan fingerprint density at radius 1 is 1.31 bits per heavy atom. The number of imidazole rings is 1. The smallest absolute Gasteiger partial charge is 0.224 e. The molecule has 1 amide bonds. The SMILES string of the molecule is CCCSCCCNC(=O)[C@@H]1CCCN(c2nn3cc(-c4ccc(OC)cc4)nc3s2)C1. The molecule has 3 heterocycles. The van der Waals surface area contributed by atoms with Gasteiger partial charge in [0.05, 0.1) is 24.9 Å². The number of benzene rings is 1. The summed E-state index contributed by atoms with van der Waals surface area (Å²) in [5.41, 5.74) is 1.93. The van der Waals surface area contributed by atoms with Gasteiger partial charge in [0.1, 0.15) is 5.75 Å². The first kappa shape index (κ1) is 22.9. The number of piperidine rings is 1. The number of aromatic nitrogens is 3. The number of amides is 1. The zero-order valence-corrected chi connectivity index (χ0v) is 20.4. The summed E-state index contributed by atoms with van der Waals surface area (Å²) in [6.45, 7) is 4.62. The van der Waals surface area contributed by atoms with Crippen LogP contribution in [0.2, 0.25) is 0 Å². The van der Waals surface area contributed by atoms with Crippen LogP contribution in [0.15, 0.2) is 30.5 Å². The Bertz CT molecular complexity index is 986. The molecule has 0 unspecified atom stereocenters. The molecular weight excluding hydrogens is 442 g/mol. The maximum absolute atomic E-state index is 12.6. The maximum atomic E-state index is 12.6. The lowest BCUT2D eigenvalue weighted by atomic mass is 9.97. The molecule has 7 nitrogen and oxygen atoms in total. The molecule has 0 saturated carbocycles. The lowest BCUT2D eigenvalue weighted by Gasteiger charge is -2.31. The molecular formula is C23H31N5O2S2. The van der Waals surface area contributed by atoms with Crippen LogP contribution < -0.4 is 15.0 Å². The molecule has 0 radical (unpaired) electrons. The van der Waals surface area contributed by atoms with Crippen molar-refractivity contribution in [3.05, 3.63) is 30.5 Å². The molecule has 0 spiro atoms. The van der Waals surface area contributed by atoms with E-state index in [1.54, 1.807) is 18.4 Å². The van der Waals surface area contributed by atoms with Gasteiger partial charge in [0.15, 0.2) is 0 Å². The van der Waals surface area contributed by atoms with E-state index in [0.29, 0.717) is 0 Å². The Morgan fingerprint density at radius 2 is 2.16 bits per heavy atom. The fourth-order valence-corrected chi connectivity index (χ4v) is 5.62. The average Bonchev–Trinajstić information content (AvgIpc) is 3.41. The minimum Gasteiger partial charge on any atom is -0.497 e. The highest BCUT2D eigenvalue weighted by molar-refractivity contribution is 7.99. The van der Waals surface area contributed by atoms with Crippen molar-refractivity contribution in [2.75, 3.05) is 43.1 Å². The van der Waals surface area contributed by atoms with Gasteiger partial charge >= 0.3 is 0 Å². The van der Waals surface area contributed by atoms with Gasteiger partial charge in [-0.05, 0) is 61.5 Å². The van der Waals surface area contributed by atoms with Gasteiger partial charge in [0.25, 0.3) is 0 Å². The van der Waals surface area contributed by atoms with Crippen molar-refractivity contribution in [3.8, 4) is 17.0 Å². The number of hydrogen-bond acceptors (Lipinski definition) is 7. The molecule has 1 aliphatic heterocycles. The van der Waals surface area contributed by atoms with Crippen molar-refractivity contribution in [2.45, 2.75) is 32.6 Å². The standard InChI is InChI=1S/C23H31N5O2S2/c1-3-13-31-14-5-11-24-21(29)18-6-4-12-27(15-18)23-26-28-16-20(25-22(28)32-23)17-7-9-19(30-2)10-8-17/h7-10,16,18H,3-6,11-15H2,1-2H3,(H,24,29)/t18-/m1/s1. The quantitative estimate of drug-likeness (QED) is 0.442. The number of rotatable bonds is 10. The first-order valence-electron chi connectivity index (χ1n) is 11.3.